The maximum Gasteiger partial charge on any atom is 0.159 e. The molecule has 1 atom stereocenters. The standard InChI is InChI=1S/C14H19F2N/c1-3-5-6-12(17-4-2)9-11-7-8-13(15)14(16)10-11/h3,7-8,10,12,17H,1,4-6,9H2,2H3. The van der Waals surface area contributed by atoms with E-state index in [1.807, 2.05) is 13.0 Å². The summed E-state index contributed by atoms with van der Waals surface area (Å²) in [4.78, 5) is 0. The van der Waals surface area contributed by atoms with Crippen molar-refractivity contribution in [1.29, 1.82) is 0 Å². The highest BCUT2D eigenvalue weighted by molar-refractivity contribution is 5.18. The SMILES string of the molecule is C=CCCC(Cc1ccc(F)c(F)c1)NCC. The van der Waals surface area contributed by atoms with Crippen molar-refractivity contribution in [2.24, 2.45) is 0 Å². The molecule has 1 N–H and O–H groups in total. The fourth-order valence-electron chi connectivity index (χ4n) is 1.84. The molecule has 1 rings (SSSR count). The Morgan fingerprint density at radius 2 is 2.12 bits per heavy atom. The van der Waals surface area contributed by atoms with Crippen molar-refractivity contribution < 1.29 is 8.78 Å². The first-order valence-electron chi connectivity index (χ1n) is 5.95. The Kier molecular flexibility index (Phi) is 5.84. The second-order valence-electron chi connectivity index (χ2n) is 4.07. The fourth-order valence-corrected chi connectivity index (χ4v) is 1.84. The quantitative estimate of drug-likeness (QED) is 0.719. The highest BCUT2D eigenvalue weighted by Gasteiger charge is 2.09. The molecule has 1 unspecified atom stereocenters. The van der Waals surface area contributed by atoms with Crippen molar-refractivity contribution in [3.05, 3.63) is 48.1 Å². The number of hydrogen-bond acceptors (Lipinski definition) is 1. The minimum atomic E-state index is -0.792. The summed E-state index contributed by atoms with van der Waals surface area (Å²) in [5.74, 6) is -1.57. The van der Waals surface area contributed by atoms with Crippen LogP contribution in [0.15, 0.2) is 30.9 Å². The van der Waals surface area contributed by atoms with E-state index in [0.717, 1.165) is 24.9 Å². The number of allylic oxidation sites excluding steroid dienone is 1. The minimum Gasteiger partial charge on any atom is -0.314 e. The van der Waals surface area contributed by atoms with E-state index in [9.17, 15) is 8.78 Å². The molecule has 1 aromatic rings. The van der Waals surface area contributed by atoms with Crippen molar-refractivity contribution in [2.75, 3.05) is 6.54 Å². The minimum absolute atomic E-state index is 0.280. The molecule has 0 fully saturated rings. The molecule has 94 valence electrons. The van der Waals surface area contributed by atoms with Gasteiger partial charge in [-0.3, -0.25) is 0 Å². The maximum atomic E-state index is 13.1. The van der Waals surface area contributed by atoms with Crippen LogP contribution in [0.2, 0.25) is 0 Å². The Bertz CT molecular complexity index is 363. The first-order chi connectivity index (χ1) is 8.17. The van der Waals surface area contributed by atoms with Crippen molar-refractivity contribution in [2.45, 2.75) is 32.2 Å². The van der Waals surface area contributed by atoms with Gasteiger partial charge in [-0.2, -0.15) is 0 Å². The van der Waals surface area contributed by atoms with E-state index >= 15 is 0 Å². The number of nitrogens with one attached hydrogen (secondary N) is 1. The summed E-state index contributed by atoms with van der Waals surface area (Å²) < 4.78 is 25.8. The molecule has 0 aliphatic rings. The molecule has 0 bridgehead atoms. The van der Waals surface area contributed by atoms with Gasteiger partial charge in [0, 0.05) is 6.04 Å². The molecule has 0 aliphatic carbocycles. The maximum absolute atomic E-state index is 13.1. The number of halogens is 2. The molecule has 3 heteroatoms. The molecule has 0 spiro atoms. The van der Waals surface area contributed by atoms with Gasteiger partial charge in [-0.1, -0.05) is 19.1 Å². The molecule has 1 nitrogen and oxygen atoms in total. The third-order valence-electron chi connectivity index (χ3n) is 2.68. The van der Waals surface area contributed by atoms with Crippen LogP contribution in [-0.2, 0) is 6.42 Å². The molecule has 0 radical (unpaired) electrons. The monoisotopic (exact) mass is 239 g/mol. The summed E-state index contributed by atoms with van der Waals surface area (Å²) in [6.45, 7) is 6.59. The summed E-state index contributed by atoms with van der Waals surface area (Å²) >= 11 is 0. The molecule has 0 saturated carbocycles. The Hall–Kier alpha value is -1.22. The van der Waals surface area contributed by atoms with Gasteiger partial charge in [0.25, 0.3) is 0 Å². The van der Waals surface area contributed by atoms with Crippen LogP contribution < -0.4 is 5.32 Å². The average Bonchev–Trinajstić information content (AvgIpc) is 2.31. The van der Waals surface area contributed by atoms with Crippen LogP contribution in [0.3, 0.4) is 0 Å². The van der Waals surface area contributed by atoms with E-state index in [-0.39, 0.29) is 6.04 Å². The second kappa shape index (κ2) is 7.17. The van der Waals surface area contributed by atoms with Gasteiger partial charge in [-0.15, -0.1) is 6.58 Å². The number of likely N-dealkylation sites (N-methyl/N-ethyl adjacent to an activating group) is 1. The van der Waals surface area contributed by atoms with Crippen molar-refractivity contribution in [3.8, 4) is 0 Å². The van der Waals surface area contributed by atoms with Gasteiger partial charge in [0.05, 0.1) is 0 Å². The van der Waals surface area contributed by atoms with E-state index in [1.165, 1.54) is 12.1 Å². The largest absolute Gasteiger partial charge is 0.314 e. The number of rotatable bonds is 7. The van der Waals surface area contributed by atoms with Crippen LogP contribution in [0, 0.1) is 11.6 Å². The normalized spacial score (nSPS) is 12.4. The molecule has 0 saturated heterocycles. The molecular weight excluding hydrogens is 220 g/mol. The van der Waals surface area contributed by atoms with Crippen LogP contribution >= 0.6 is 0 Å². The molecule has 0 amide bonds. The molecule has 1 aromatic carbocycles. The summed E-state index contributed by atoms with van der Waals surface area (Å²) in [5.41, 5.74) is 0.818. The van der Waals surface area contributed by atoms with E-state index in [0.29, 0.717) is 6.42 Å². The highest BCUT2D eigenvalue weighted by Crippen LogP contribution is 2.12. The summed E-state index contributed by atoms with van der Waals surface area (Å²) in [5, 5.41) is 3.34. The van der Waals surface area contributed by atoms with Crippen LogP contribution in [-0.4, -0.2) is 12.6 Å². The highest BCUT2D eigenvalue weighted by atomic mass is 19.2. The number of benzene rings is 1. The first-order valence-corrected chi connectivity index (χ1v) is 5.95. The fraction of sp³-hybridized carbons (Fsp3) is 0.429. The molecule has 0 aromatic heterocycles. The summed E-state index contributed by atoms with van der Waals surface area (Å²) in [6.07, 6.45) is 4.45. The lowest BCUT2D eigenvalue weighted by molar-refractivity contribution is 0.485. The van der Waals surface area contributed by atoms with Gasteiger partial charge < -0.3 is 5.32 Å². The van der Waals surface area contributed by atoms with Gasteiger partial charge in [-0.05, 0) is 43.5 Å². The van der Waals surface area contributed by atoms with Crippen LogP contribution in [0.5, 0.6) is 0 Å². The Morgan fingerprint density at radius 3 is 2.71 bits per heavy atom. The van der Waals surface area contributed by atoms with E-state index < -0.39 is 11.6 Å². The summed E-state index contributed by atoms with van der Waals surface area (Å²) in [6, 6.07) is 4.37. The lowest BCUT2D eigenvalue weighted by Crippen LogP contribution is -2.30. The van der Waals surface area contributed by atoms with Crippen molar-refractivity contribution >= 4 is 0 Å². The summed E-state index contributed by atoms with van der Waals surface area (Å²) in [7, 11) is 0. The van der Waals surface area contributed by atoms with Gasteiger partial charge in [0.15, 0.2) is 11.6 Å². The topological polar surface area (TPSA) is 12.0 Å². The van der Waals surface area contributed by atoms with E-state index in [1.54, 1.807) is 6.07 Å². The Morgan fingerprint density at radius 1 is 1.35 bits per heavy atom. The molecule has 17 heavy (non-hydrogen) atoms. The zero-order valence-corrected chi connectivity index (χ0v) is 10.2. The lowest BCUT2D eigenvalue weighted by atomic mass is 10.0. The third-order valence-corrected chi connectivity index (χ3v) is 2.68. The molecule has 0 heterocycles. The molecule has 0 aliphatic heterocycles. The smallest absolute Gasteiger partial charge is 0.159 e. The van der Waals surface area contributed by atoms with Crippen LogP contribution in [0.4, 0.5) is 8.78 Å². The van der Waals surface area contributed by atoms with Crippen molar-refractivity contribution in [3.63, 3.8) is 0 Å². The van der Waals surface area contributed by atoms with Crippen LogP contribution in [0.1, 0.15) is 25.3 Å². The van der Waals surface area contributed by atoms with E-state index in [2.05, 4.69) is 11.9 Å². The van der Waals surface area contributed by atoms with Gasteiger partial charge in [0.2, 0.25) is 0 Å². The zero-order chi connectivity index (χ0) is 12.7. The van der Waals surface area contributed by atoms with Gasteiger partial charge in [-0.25, -0.2) is 8.78 Å². The third kappa shape index (κ3) is 4.65. The van der Waals surface area contributed by atoms with Crippen molar-refractivity contribution in [1.82, 2.24) is 5.32 Å². The molecular formula is C14H19F2N. The Labute approximate surface area is 102 Å². The number of hydrogen-bond donors (Lipinski definition) is 1. The van der Waals surface area contributed by atoms with Gasteiger partial charge >= 0.3 is 0 Å². The lowest BCUT2D eigenvalue weighted by Gasteiger charge is -2.17. The van der Waals surface area contributed by atoms with E-state index in [4.69, 9.17) is 0 Å². The Balaban J connectivity index is 2.64. The predicted octanol–water partition coefficient (Wildman–Crippen LogP) is 3.45. The van der Waals surface area contributed by atoms with Gasteiger partial charge in [0.1, 0.15) is 0 Å². The van der Waals surface area contributed by atoms with Crippen LogP contribution in [0.25, 0.3) is 0 Å². The predicted molar refractivity (Wildman–Crippen MR) is 67.0 cm³/mol. The zero-order valence-electron chi connectivity index (χ0n) is 10.2. The average molecular weight is 239 g/mol. The first kappa shape index (κ1) is 13.8. The second-order valence-corrected chi connectivity index (χ2v) is 4.07.